The van der Waals surface area contributed by atoms with Crippen LogP contribution in [0.2, 0.25) is 0 Å². The molecule has 1 atom stereocenters. The number of thiophene rings is 1. The van der Waals surface area contributed by atoms with E-state index in [4.69, 9.17) is 0 Å². The largest absolute Gasteiger partial charge is 0.383 e. The van der Waals surface area contributed by atoms with Crippen LogP contribution in [0, 0.1) is 0 Å². The summed E-state index contributed by atoms with van der Waals surface area (Å²) >= 11 is 8.25. The molecule has 0 aromatic carbocycles. The van der Waals surface area contributed by atoms with Gasteiger partial charge < -0.3 is 5.11 Å². The molecule has 0 saturated carbocycles. The Morgan fingerprint density at radius 2 is 1.93 bits per heavy atom. The molecule has 0 fully saturated rings. The molecular formula is C9H6Br2N2OS. The van der Waals surface area contributed by atoms with Gasteiger partial charge in [0.15, 0.2) is 0 Å². The van der Waals surface area contributed by atoms with Crippen LogP contribution in [0.25, 0.3) is 0 Å². The summed E-state index contributed by atoms with van der Waals surface area (Å²) in [7, 11) is 0. The summed E-state index contributed by atoms with van der Waals surface area (Å²) in [5, 5.41) is 10.0. The van der Waals surface area contributed by atoms with Gasteiger partial charge in [-0.1, -0.05) is 0 Å². The fourth-order valence-electron chi connectivity index (χ4n) is 1.11. The summed E-state index contributed by atoms with van der Waals surface area (Å²) in [6.45, 7) is 0. The van der Waals surface area contributed by atoms with Gasteiger partial charge in [-0.25, -0.2) is 9.97 Å². The zero-order chi connectivity index (χ0) is 10.8. The minimum Gasteiger partial charge on any atom is -0.383 e. The molecule has 6 heteroatoms. The van der Waals surface area contributed by atoms with Crippen LogP contribution >= 0.6 is 43.2 Å². The lowest BCUT2D eigenvalue weighted by atomic mass is 10.2. The fraction of sp³-hybridized carbons (Fsp3) is 0.111. The molecule has 0 amide bonds. The van der Waals surface area contributed by atoms with Crippen molar-refractivity contribution >= 4 is 43.2 Å². The normalized spacial score (nSPS) is 12.7. The van der Waals surface area contributed by atoms with Crippen molar-refractivity contribution in [1.82, 2.24) is 9.97 Å². The Kier molecular flexibility index (Phi) is 3.50. The van der Waals surface area contributed by atoms with Gasteiger partial charge in [-0.2, -0.15) is 0 Å². The number of rotatable bonds is 2. The third-order valence-electron chi connectivity index (χ3n) is 1.83. The highest BCUT2D eigenvalue weighted by Gasteiger charge is 2.15. The van der Waals surface area contributed by atoms with Gasteiger partial charge >= 0.3 is 0 Å². The monoisotopic (exact) mass is 348 g/mol. The quantitative estimate of drug-likeness (QED) is 0.905. The lowest BCUT2D eigenvalue weighted by molar-refractivity contribution is 0.223. The molecule has 1 N–H and O–H groups in total. The van der Waals surface area contributed by atoms with Crippen LogP contribution < -0.4 is 0 Å². The third-order valence-corrected chi connectivity index (χ3v) is 5.14. The number of aromatic nitrogens is 2. The Labute approximate surface area is 107 Å². The van der Waals surface area contributed by atoms with Gasteiger partial charge in [0.2, 0.25) is 0 Å². The number of nitrogens with zero attached hydrogens (tertiary/aromatic N) is 2. The van der Waals surface area contributed by atoms with E-state index in [1.54, 1.807) is 12.4 Å². The highest BCUT2D eigenvalue weighted by atomic mass is 79.9. The van der Waals surface area contributed by atoms with Crippen molar-refractivity contribution in [2.75, 3.05) is 0 Å². The molecule has 1 unspecified atom stereocenters. The van der Waals surface area contributed by atoms with E-state index in [9.17, 15) is 5.11 Å². The zero-order valence-corrected chi connectivity index (χ0v) is 11.4. The second kappa shape index (κ2) is 4.69. The SMILES string of the molecule is OC(c1cncnc1)c1cc(Br)c(Br)s1. The number of hydrogen-bond donors (Lipinski definition) is 1. The minimum atomic E-state index is -0.668. The number of aliphatic hydroxyl groups excluding tert-OH is 1. The lowest BCUT2D eigenvalue weighted by Crippen LogP contribution is -1.97. The molecule has 0 radical (unpaired) electrons. The maximum Gasteiger partial charge on any atom is 0.116 e. The van der Waals surface area contributed by atoms with Crippen molar-refractivity contribution < 1.29 is 5.11 Å². The van der Waals surface area contributed by atoms with E-state index < -0.39 is 6.10 Å². The van der Waals surface area contributed by atoms with E-state index in [1.165, 1.54) is 17.7 Å². The predicted octanol–water partition coefficient (Wildman–Crippen LogP) is 3.14. The highest BCUT2D eigenvalue weighted by Crippen LogP contribution is 2.37. The Morgan fingerprint density at radius 1 is 1.27 bits per heavy atom. The lowest BCUT2D eigenvalue weighted by Gasteiger charge is -2.06. The van der Waals surface area contributed by atoms with Crippen molar-refractivity contribution in [1.29, 1.82) is 0 Å². The Balaban J connectivity index is 2.32. The molecule has 2 aromatic rings. The standard InChI is InChI=1S/C9H6Br2N2OS/c10-6-1-7(15-9(6)11)8(14)5-2-12-4-13-3-5/h1-4,8,14H. The molecule has 3 nitrogen and oxygen atoms in total. The molecule has 0 aliphatic carbocycles. The topological polar surface area (TPSA) is 46.0 Å². The summed E-state index contributed by atoms with van der Waals surface area (Å²) in [6.07, 6.45) is 3.99. The van der Waals surface area contributed by atoms with Gasteiger partial charge in [0.1, 0.15) is 12.4 Å². The van der Waals surface area contributed by atoms with Crippen molar-refractivity contribution in [2.45, 2.75) is 6.10 Å². The van der Waals surface area contributed by atoms with E-state index in [2.05, 4.69) is 41.8 Å². The molecule has 0 bridgehead atoms. The third kappa shape index (κ3) is 2.44. The molecular weight excluding hydrogens is 344 g/mol. The van der Waals surface area contributed by atoms with Gasteiger partial charge in [0.05, 0.1) is 3.79 Å². The van der Waals surface area contributed by atoms with Crippen molar-refractivity contribution in [3.05, 3.63) is 43.5 Å². The van der Waals surface area contributed by atoms with Crippen molar-refractivity contribution in [2.24, 2.45) is 0 Å². The molecule has 2 heterocycles. The van der Waals surface area contributed by atoms with Gasteiger partial charge in [-0.3, -0.25) is 0 Å². The highest BCUT2D eigenvalue weighted by molar-refractivity contribution is 9.13. The summed E-state index contributed by atoms with van der Waals surface area (Å²) in [6, 6.07) is 1.88. The van der Waals surface area contributed by atoms with Crippen LogP contribution in [-0.4, -0.2) is 15.1 Å². The van der Waals surface area contributed by atoms with Crippen LogP contribution in [-0.2, 0) is 0 Å². The van der Waals surface area contributed by atoms with Crippen LogP contribution in [0.15, 0.2) is 33.0 Å². The van der Waals surface area contributed by atoms with E-state index >= 15 is 0 Å². The van der Waals surface area contributed by atoms with E-state index in [-0.39, 0.29) is 0 Å². The average molecular weight is 350 g/mol. The predicted molar refractivity (Wildman–Crippen MR) is 65.8 cm³/mol. The Morgan fingerprint density at radius 3 is 2.47 bits per heavy atom. The fourth-order valence-corrected chi connectivity index (χ4v) is 3.22. The van der Waals surface area contributed by atoms with Gasteiger partial charge in [0, 0.05) is 27.3 Å². The van der Waals surface area contributed by atoms with Gasteiger partial charge in [-0.05, 0) is 37.9 Å². The van der Waals surface area contributed by atoms with E-state index in [1.807, 2.05) is 6.07 Å². The second-order valence-electron chi connectivity index (χ2n) is 2.84. The number of halogens is 2. The molecule has 0 spiro atoms. The molecule has 2 aromatic heterocycles. The maximum atomic E-state index is 10.0. The van der Waals surface area contributed by atoms with E-state index in [0.717, 1.165) is 13.1 Å². The first-order chi connectivity index (χ1) is 7.18. The van der Waals surface area contributed by atoms with E-state index in [0.29, 0.717) is 5.56 Å². The average Bonchev–Trinajstić information content (AvgIpc) is 2.59. The smallest absolute Gasteiger partial charge is 0.116 e. The zero-order valence-electron chi connectivity index (χ0n) is 7.39. The first kappa shape index (κ1) is 11.2. The molecule has 0 aliphatic heterocycles. The van der Waals surface area contributed by atoms with Crippen molar-refractivity contribution in [3.8, 4) is 0 Å². The Bertz CT molecular complexity index is 441. The summed E-state index contributed by atoms with van der Waals surface area (Å²) < 4.78 is 1.91. The van der Waals surface area contributed by atoms with Crippen molar-refractivity contribution in [3.63, 3.8) is 0 Å². The number of hydrogen-bond acceptors (Lipinski definition) is 4. The molecule has 78 valence electrons. The van der Waals surface area contributed by atoms with Crippen LogP contribution in [0.5, 0.6) is 0 Å². The van der Waals surface area contributed by atoms with Gasteiger partial charge in [0.25, 0.3) is 0 Å². The van der Waals surface area contributed by atoms with Crippen LogP contribution in [0.1, 0.15) is 16.5 Å². The Hall–Kier alpha value is -0.300. The molecule has 15 heavy (non-hydrogen) atoms. The first-order valence-electron chi connectivity index (χ1n) is 4.06. The second-order valence-corrected chi connectivity index (χ2v) is 6.10. The van der Waals surface area contributed by atoms with Crippen LogP contribution in [0.4, 0.5) is 0 Å². The van der Waals surface area contributed by atoms with Gasteiger partial charge in [-0.15, -0.1) is 11.3 Å². The number of aliphatic hydroxyl groups is 1. The maximum absolute atomic E-state index is 10.0. The molecule has 2 rings (SSSR count). The molecule has 0 saturated heterocycles. The summed E-state index contributed by atoms with van der Waals surface area (Å²) in [4.78, 5) is 8.59. The summed E-state index contributed by atoms with van der Waals surface area (Å²) in [5.74, 6) is 0. The summed E-state index contributed by atoms with van der Waals surface area (Å²) in [5.41, 5.74) is 0.693. The minimum absolute atomic E-state index is 0.668. The van der Waals surface area contributed by atoms with Crippen LogP contribution in [0.3, 0.4) is 0 Å². The first-order valence-corrected chi connectivity index (χ1v) is 6.46. The molecule has 0 aliphatic rings.